The number of nitriles is 1. The van der Waals surface area contributed by atoms with Crippen LogP contribution in [0.3, 0.4) is 0 Å². The summed E-state index contributed by atoms with van der Waals surface area (Å²) in [5.74, 6) is -0.268. The fourth-order valence-electron chi connectivity index (χ4n) is 0.355. The zero-order chi connectivity index (χ0) is 7.98. The Kier molecular flexibility index (Phi) is 3.97. The van der Waals surface area contributed by atoms with Crippen LogP contribution in [-0.4, -0.2) is 12.4 Å². The molecule has 0 unspecified atom stereocenters. The fraction of sp³-hybridized carbons (Fsp3) is 0.429. The number of allylic oxidation sites excluding steroid dienone is 1. The van der Waals surface area contributed by atoms with Gasteiger partial charge in [0, 0.05) is 0 Å². The van der Waals surface area contributed by atoms with Crippen molar-refractivity contribution in [3.8, 4) is 6.07 Å². The van der Waals surface area contributed by atoms with Crippen molar-refractivity contribution in [1.82, 2.24) is 0 Å². The average molecular weight is 139 g/mol. The van der Waals surface area contributed by atoms with Crippen LogP contribution >= 0.6 is 0 Å². The molecule has 0 N–H and O–H groups in total. The molecule has 0 atom stereocenters. The molecule has 3 heteroatoms. The lowest BCUT2D eigenvalue weighted by atomic mass is 10.2. The van der Waals surface area contributed by atoms with Gasteiger partial charge in [-0.3, -0.25) is 4.79 Å². The molecule has 0 aliphatic rings. The first-order valence-corrected chi connectivity index (χ1v) is 2.95. The molecule has 0 spiro atoms. The second kappa shape index (κ2) is 4.57. The molecular formula is C7H9NO2. The van der Waals surface area contributed by atoms with Crippen molar-refractivity contribution in [3.05, 3.63) is 11.8 Å². The van der Waals surface area contributed by atoms with Gasteiger partial charge in [0.05, 0.1) is 6.61 Å². The molecule has 0 amide bonds. The second-order valence-electron chi connectivity index (χ2n) is 1.65. The van der Waals surface area contributed by atoms with Gasteiger partial charge >= 0.3 is 0 Å². The Balaban J connectivity index is 4.09. The summed E-state index contributed by atoms with van der Waals surface area (Å²) >= 11 is 0. The van der Waals surface area contributed by atoms with Crippen LogP contribution < -0.4 is 0 Å². The van der Waals surface area contributed by atoms with E-state index in [0.29, 0.717) is 6.61 Å². The zero-order valence-corrected chi connectivity index (χ0v) is 6.05. The highest BCUT2D eigenvalue weighted by Crippen LogP contribution is 1.93. The molecule has 0 aromatic heterocycles. The predicted octanol–water partition coefficient (Wildman–Crippen LogP) is 1.02. The number of carbonyl (C=O) groups excluding carboxylic acids is 1. The molecule has 0 aromatic rings. The summed E-state index contributed by atoms with van der Waals surface area (Å²) < 4.78 is 4.74. The summed E-state index contributed by atoms with van der Waals surface area (Å²) in [7, 11) is 0. The minimum Gasteiger partial charge on any atom is -0.500 e. The summed E-state index contributed by atoms with van der Waals surface area (Å²) in [5.41, 5.74) is 0.0573. The van der Waals surface area contributed by atoms with Gasteiger partial charge in [0.2, 0.25) is 0 Å². The van der Waals surface area contributed by atoms with Crippen molar-refractivity contribution in [2.75, 3.05) is 6.61 Å². The van der Waals surface area contributed by atoms with Crippen molar-refractivity contribution >= 4 is 5.78 Å². The van der Waals surface area contributed by atoms with Gasteiger partial charge in [-0.25, -0.2) is 0 Å². The van der Waals surface area contributed by atoms with Crippen LogP contribution in [0.1, 0.15) is 13.8 Å². The molecule has 0 aromatic carbocycles. The third-order valence-corrected chi connectivity index (χ3v) is 0.868. The molecule has 0 saturated carbocycles. The summed E-state index contributed by atoms with van der Waals surface area (Å²) in [5, 5.41) is 8.30. The molecular weight excluding hydrogens is 130 g/mol. The van der Waals surface area contributed by atoms with Crippen LogP contribution in [0.5, 0.6) is 0 Å². The van der Waals surface area contributed by atoms with E-state index in [1.54, 1.807) is 13.0 Å². The number of ketones is 1. The van der Waals surface area contributed by atoms with Crippen LogP contribution in [-0.2, 0) is 9.53 Å². The van der Waals surface area contributed by atoms with Gasteiger partial charge in [-0.2, -0.15) is 5.26 Å². The number of Topliss-reactive ketones (excluding diaryl/α,β-unsaturated/α-hetero) is 1. The lowest BCUT2D eigenvalue weighted by Gasteiger charge is -1.92. The first-order valence-electron chi connectivity index (χ1n) is 2.95. The predicted molar refractivity (Wildman–Crippen MR) is 36.0 cm³/mol. The van der Waals surface area contributed by atoms with Gasteiger partial charge in [-0.05, 0) is 13.8 Å². The smallest absolute Gasteiger partial charge is 0.173 e. The number of carbonyl (C=O) groups is 1. The Morgan fingerprint density at radius 3 is 2.70 bits per heavy atom. The third kappa shape index (κ3) is 2.88. The largest absolute Gasteiger partial charge is 0.500 e. The van der Waals surface area contributed by atoms with E-state index in [-0.39, 0.29) is 11.4 Å². The van der Waals surface area contributed by atoms with Gasteiger partial charge in [0.25, 0.3) is 0 Å². The van der Waals surface area contributed by atoms with E-state index in [0.717, 1.165) is 0 Å². The highest BCUT2D eigenvalue weighted by Gasteiger charge is 2.00. The maximum Gasteiger partial charge on any atom is 0.173 e. The Bertz CT molecular complexity index is 188. The lowest BCUT2D eigenvalue weighted by Crippen LogP contribution is -1.94. The van der Waals surface area contributed by atoms with Crippen LogP contribution in [0.15, 0.2) is 11.8 Å². The molecule has 10 heavy (non-hydrogen) atoms. The van der Waals surface area contributed by atoms with E-state index >= 15 is 0 Å². The monoisotopic (exact) mass is 139 g/mol. The molecule has 0 rings (SSSR count). The van der Waals surface area contributed by atoms with Gasteiger partial charge in [-0.1, -0.05) is 0 Å². The normalized spacial score (nSPS) is 10.3. The molecule has 0 aliphatic carbocycles. The Morgan fingerprint density at radius 1 is 1.80 bits per heavy atom. The Morgan fingerprint density at radius 2 is 2.40 bits per heavy atom. The second-order valence-corrected chi connectivity index (χ2v) is 1.65. The summed E-state index contributed by atoms with van der Waals surface area (Å²) in [4.78, 5) is 10.5. The third-order valence-electron chi connectivity index (χ3n) is 0.868. The SMILES string of the molecule is CCO/C=C(\C#N)C(C)=O. The van der Waals surface area contributed by atoms with Crippen molar-refractivity contribution in [1.29, 1.82) is 5.26 Å². The van der Waals surface area contributed by atoms with Crippen LogP contribution in [0.25, 0.3) is 0 Å². The van der Waals surface area contributed by atoms with E-state index < -0.39 is 0 Å². The van der Waals surface area contributed by atoms with E-state index in [9.17, 15) is 4.79 Å². The first kappa shape index (κ1) is 8.70. The standard InChI is InChI=1S/C7H9NO2/c1-3-10-5-7(4-8)6(2)9/h5H,3H2,1-2H3/b7-5+. The summed E-state index contributed by atoms with van der Waals surface area (Å²) in [6.07, 6.45) is 1.18. The topological polar surface area (TPSA) is 50.1 Å². The van der Waals surface area contributed by atoms with E-state index in [4.69, 9.17) is 10.00 Å². The lowest BCUT2D eigenvalue weighted by molar-refractivity contribution is -0.113. The van der Waals surface area contributed by atoms with Crippen molar-refractivity contribution in [2.45, 2.75) is 13.8 Å². The number of hydrogen-bond donors (Lipinski definition) is 0. The average Bonchev–Trinajstić information content (AvgIpc) is 1.89. The summed E-state index contributed by atoms with van der Waals surface area (Å²) in [6, 6.07) is 1.72. The minimum atomic E-state index is -0.268. The van der Waals surface area contributed by atoms with Crippen LogP contribution in [0.2, 0.25) is 0 Å². The number of nitrogens with zero attached hydrogens (tertiary/aromatic N) is 1. The summed E-state index contributed by atoms with van der Waals surface area (Å²) in [6.45, 7) is 3.58. The van der Waals surface area contributed by atoms with E-state index in [2.05, 4.69) is 0 Å². The fourth-order valence-corrected chi connectivity index (χ4v) is 0.355. The van der Waals surface area contributed by atoms with Crippen molar-refractivity contribution in [3.63, 3.8) is 0 Å². The van der Waals surface area contributed by atoms with Gasteiger partial charge < -0.3 is 4.74 Å². The Labute approximate surface area is 59.9 Å². The zero-order valence-electron chi connectivity index (χ0n) is 6.05. The van der Waals surface area contributed by atoms with Crippen molar-refractivity contribution < 1.29 is 9.53 Å². The maximum atomic E-state index is 10.5. The minimum absolute atomic E-state index is 0.0573. The van der Waals surface area contributed by atoms with E-state index in [1.807, 2.05) is 0 Å². The molecule has 0 fully saturated rings. The highest BCUT2D eigenvalue weighted by molar-refractivity contribution is 5.96. The molecule has 0 heterocycles. The van der Waals surface area contributed by atoms with Gasteiger partial charge in [-0.15, -0.1) is 0 Å². The molecule has 3 nitrogen and oxygen atoms in total. The maximum absolute atomic E-state index is 10.5. The van der Waals surface area contributed by atoms with Crippen LogP contribution in [0.4, 0.5) is 0 Å². The number of ether oxygens (including phenoxy) is 1. The molecule has 0 bridgehead atoms. The Hall–Kier alpha value is -1.30. The first-order chi connectivity index (χ1) is 4.72. The van der Waals surface area contributed by atoms with Crippen molar-refractivity contribution in [2.24, 2.45) is 0 Å². The molecule has 0 saturated heterocycles. The molecule has 54 valence electrons. The molecule has 0 aliphatic heterocycles. The van der Waals surface area contributed by atoms with Crippen LogP contribution in [0, 0.1) is 11.3 Å². The molecule has 0 radical (unpaired) electrons. The number of rotatable bonds is 3. The quantitative estimate of drug-likeness (QED) is 0.333. The van der Waals surface area contributed by atoms with Gasteiger partial charge in [0.15, 0.2) is 5.78 Å². The highest BCUT2D eigenvalue weighted by atomic mass is 16.5. The van der Waals surface area contributed by atoms with Gasteiger partial charge in [0.1, 0.15) is 17.9 Å². The van der Waals surface area contributed by atoms with E-state index in [1.165, 1.54) is 13.2 Å². The number of hydrogen-bond acceptors (Lipinski definition) is 3.